The van der Waals surface area contributed by atoms with Gasteiger partial charge in [-0.05, 0) is 92.0 Å². The normalized spacial score (nSPS) is 33.9. The van der Waals surface area contributed by atoms with E-state index in [1.54, 1.807) is 12.0 Å². The van der Waals surface area contributed by atoms with Gasteiger partial charge < -0.3 is 25.2 Å². The van der Waals surface area contributed by atoms with E-state index >= 15 is 0 Å². The molecule has 0 saturated heterocycles. The minimum atomic E-state index is -0.997. The lowest BCUT2D eigenvalue weighted by molar-refractivity contribution is -0.0967. The monoisotopic (exact) mass is 556 g/mol. The highest BCUT2D eigenvalue weighted by Gasteiger charge is 2.62. The van der Waals surface area contributed by atoms with Crippen LogP contribution in [0.15, 0.2) is 77.9 Å². The number of benzene rings is 2. The molecular formula is C35H44N2O4. The highest BCUT2D eigenvalue weighted by molar-refractivity contribution is 5.89. The minimum Gasteiger partial charge on any atom is -0.497 e. The first kappa shape index (κ1) is 28.0. The van der Waals surface area contributed by atoms with Crippen LogP contribution in [0.4, 0.5) is 10.5 Å². The van der Waals surface area contributed by atoms with Crippen LogP contribution in [0.1, 0.15) is 64.4 Å². The van der Waals surface area contributed by atoms with Gasteiger partial charge in [0.15, 0.2) is 0 Å². The number of carbonyl (C=O) groups excluding carboxylic acids is 1. The molecule has 2 aromatic rings. The zero-order valence-electron chi connectivity index (χ0n) is 24.6. The first-order chi connectivity index (χ1) is 19.6. The van der Waals surface area contributed by atoms with Crippen molar-refractivity contribution in [1.82, 2.24) is 4.90 Å². The summed E-state index contributed by atoms with van der Waals surface area (Å²) in [7, 11) is 1.62. The Bertz CT molecular complexity index is 1340. The number of nitrogens with zero attached hydrogens (tertiary/aromatic N) is 1. The third-order valence-electron chi connectivity index (χ3n) is 11.2. The molecule has 6 atom stereocenters. The summed E-state index contributed by atoms with van der Waals surface area (Å²) in [5, 5.41) is 25.9. The van der Waals surface area contributed by atoms with Crippen molar-refractivity contribution in [3.63, 3.8) is 0 Å². The molecular weight excluding hydrogens is 512 g/mol. The Morgan fingerprint density at radius 1 is 0.976 bits per heavy atom. The number of allylic oxidation sites excluding steroid dienone is 3. The predicted octanol–water partition coefficient (Wildman–Crippen LogP) is 6.70. The molecule has 2 aromatic carbocycles. The third-order valence-corrected chi connectivity index (χ3v) is 11.2. The van der Waals surface area contributed by atoms with Gasteiger partial charge in [0.1, 0.15) is 5.75 Å². The van der Waals surface area contributed by atoms with Crippen molar-refractivity contribution in [3.8, 4) is 5.75 Å². The van der Waals surface area contributed by atoms with Crippen molar-refractivity contribution in [1.29, 1.82) is 0 Å². The second-order valence-corrected chi connectivity index (χ2v) is 13.3. The minimum absolute atomic E-state index is 0.100. The Morgan fingerprint density at radius 2 is 1.71 bits per heavy atom. The fourth-order valence-corrected chi connectivity index (χ4v) is 8.55. The van der Waals surface area contributed by atoms with E-state index in [0.29, 0.717) is 24.6 Å². The molecule has 6 rings (SSSR count). The Balaban J connectivity index is 1.26. The molecule has 0 bridgehead atoms. The van der Waals surface area contributed by atoms with Crippen LogP contribution in [-0.4, -0.2) is 46.5 Å². The Kier molecular flexibility index (Phi) is 7.27. The number of fused-ring (bicyclic) bond motifs is 5. The van der Waals surface area contributed by atoms with Gasteiger partial charge in [0.25, 0.3) is 0 Å². The van der Waals surface area contributed by atoms with Crippen molar-refractivity contribution >= 4 is 11.7 Å². The molecule has 0 heterocycles. The maximum absolute atomic E-state index is 13.8. The van der Waals surface area contributed by atoms with Crippen molar-refractivity contribution in [3.05, 3.63) is 83.5 Å². The van der Waals surface area contributed by atoms with E-state index < -0.39 is 5.60 Å². The standard InChI is InChI=1S/C35H44N2O4/c1-33-18-15-27(38)21-25(33)9-14-29-30(33)16-19-34(2)31(29)17-20-35(34,40)23-37(22-24-7-5-4-6-8-24)32(39)36-26-10-12-28(41-3)13-11-26/h4-14,27,30-31,38,40H,15-23H2,1-3H3,(H,36,39). The summed E-state index contributed by atoms with van der Waals surface area (Å²) in [6.07, 6.45) is 10.6. The molecule has 6 unspecified atom stereocenters. The number of hydrogen-bond donors (Lipinski definition) is 3. The van der Waals surface area contributed by atoms with Gasteiger partial charge in [-0.15, -0.1) is 0 Å². The number of methoxy groups -OCH3 is 1. The molecule has 4 aliphatic rings. The first-order valence-corrected chi connectivity index (χ1v) is 15.2. The van der Waals surface area contributed by atoms with Crippen LogP contribution in [0, 0.1) is 22.7 Å². The smallest absolute Gasteiger partial charge is 0.322 e. The number of hydrogen-bond acceptors (Lipinski definition) is 4. The number of amides is 2. The zero-order chi connectivity index (χ0) is 28.8. The zero-order valence-corrected chi connectivity index (χ0v) is 24.6. The molecule has 3 N–H and O–H groups in total. The Labute approximate surface area is 244 Å². The van der Waals surface area contributed by atoms with Crippen LogP contribution in [0.25, 0.3) is 0 Å². The number of carbonyl (C=O) groups is 1. The lowest BCUT2D eigenvalue weighted by Crippen LogP contribution is -2.57. The Morgan fingerprint density at radius 3 is 2.44 bits per heavy atom. The van der Waals surface area contributed by atoms with Gasteiger partial charge >= 0.3 is 6.03 Å². The van der Waals surface area contributed by atoms with E-state index in [1.165, 1.54) is 11.1 Å². The van der Waals surface area contributed by atoms with Gasteiger partial charge in [-0.25, -0.2) is 4.79 Å². The van der Waals surface area contributed by atoms with E-state index in [9.17, 15) is 15.0 Å². The van der Waals surface area contributed by atoms with Crippen LogP contribution in [-0.2, 0) is 6.54 Å². The molecule has 0 aliphatic heterocycles. The van der Waals surface area contributed by atoms with E-state index in [0.717, 1.165) is 49.8 Å². The average Bonchev–Trinajstić information content (AvgIpc) is 3.24. The molecule has 6 heteroatoms. The van der Waals surface area contributed by atoms with Crippen LogP contribution in [0.5, 0.6) is 5.75 Å². The first-order valence-electron chi connectivity index (χ1n) is 15.2. The number of aliphatic hydroxyl groups is 2. The van der Waals surface area contributed by atoms with E-state index in [1.807, 2.05) is 54.6 Å². The SMILES string of the molecule is COc1ccc(NC(=O)N(Cc2ccccc2)CC2(O)CCC3C4=CC=C5CC(O)CCC5(C)C4CCC32C)cc1. The summed E-state index contributed by atoms with van der Waals surface area (Å²) in [6.45, 7) is 5.36. The van der Waals surface area contributed by atoms with Crippen LogP contribution < -0.4 is 10.1 Å². The molecule has 6 nitrogen and oxygen atoms in total. The quantitative estimate of drug-likeness (QED) is 0.370. The maximum Gasteiger partial charge on any atom is 0.322 e. The summed E-state index contributed by atoms with van der Waals surface area (Å²) in [6, 6.07) is 17.1. The third kappa shape index (κ3) is 4.89. The largest absolute Gasteiger partial charge is 0.497 e. The fraction of sp³-hybridized carbons (Fsp3) is 0.514. The lowest BCUT2D eigenvalue weighted by Gasteiger charge is -2.56. The molecule has 0 aromatic heterocycles. The fourth-order valence-electron chi connectivity index (χ4n) is 8.55. The maximum atomic E-state index is 13.8. The molecule has 0 spiro atoms. The van der Waals surface area contributed by atoms with Gasteiger partial charge in [-0.1, -0.05) is 67.5 Å². The number of aliphatic hydroxyl groups excluding tert-OH is 1. The van der Waals surface area contributed by atoms with Crippen LogP contribution in [0.3, 0.4) is 0 Å². The van der Waals surface area contributed by atoms with E-state index in [2.05, 4.69) is 31.3 Å². The highest BCUT2D eigenvalue weighted by atomic mass is 16.5. The average molecular weight is 557 g/mol. The molecule has 3 saturated carbocycles. The summed E-state index contributed by atoms with van der Waals surface area (Å²) < 4.78 is 5.27. The Hall–Kier alpha value is -3.09. The van der Waals surface area contributed by atoms with Crippen LogP contribution in [0.2, 0.25) is 0 Å². The lowest BCUT2D eigenvalue weighted by atomic mass is 9.50. The molecule has 3 fully saturated rings. The second kappa shape index (κ2) is 10.6. The number of nitrogens with one attached hydrogen (secondary N) is 1. The van der Waals surface area contributed by atoms with Gasteiger partial charge in [0, 0.05) is 17.6 Å². The topological polar surface area (TPSA) is 82.0 Å². The van der Waals surface area contributed by atoms with E-state index in [-0.39, 0.29) is 35.4 Å². The molecule has 2 amide bonds. The molecule has 218 valence electrons. The number of ether oxygens (including phenoxy) is 1. The number of anilines is 1. The number of rotatable bonds is 6. The van der Waals surface area contributed by atoms with Crippen molar-refractivity contribution in [2.75, 3.05) is 19.0 Å². The van der Waals surface area contributed by atoms with Gasteiger partial charge in [0.2, 0.25) is 0 Å². The summed E-state index contributed by atoms with van der Waals surface area (Å²) in [4.78, 5) is 15.5. The molecule has 41 heavy (non-hydrogen) atoms. The van der Waals surface area contributed by atoms with Crippen molar-refractivity contribution in [2.24, 2.45) is 22.7 Å². The van der Waals surface area contributed by atoms with Crippen molar-refractivity contribution in [2.45, 2.75) is 77.0 Å². The molecule has 0 radical (unpaired) electrons. The summed E-state index contributed by atoms with van der Waals surface area (Å²) >= 11 is 0. The number of urea groups is 1. The molecule has 4 aliphatic carbocycles. The predicted molar refractivity (Wildman–Crippen MR) is 162 cm³/mol. The summed E-state index contributed by atoms with van der Waals surface area (Å²) in [5.41, 5.74) is 3.38. The second-order valence-electron chi connectivity index (χ2n) is 13.3. The van der Waals surface area contributed by atoms with E-state index in [4.69, 9.17) is 4.74 Å². The van der Waals surface area contributed by atoms with Crippen LogP contribution >= 0.6 is 0 Å². The summed E-state index contributed by atoms with van der Waals surface area (Å²) in [5.74, 6) is 1.49. The van der Waals surface area contributed by atoms with Gasteiger partial charge in [-0.2, -0.15) is 0 Å². The van der Waals surface area contributed by atoms with Gasteiger partial charge in [0.05, 0.1) is 25.4 Å². The van der Waals surface area contributed by atoms with Crippen molar-refractivity contribution < 1.29 is 19.7 Å². The highest BCUT2D eigenvalue weighted by Crippen LogP contribution is 2.66. The van der Waals surface area contributed by atoms with Gasteiger partial charge in [-0.3, -0.25) is 0 Å².